The average molecular weight is 449 g/mol. The lowest BCUT2D eigenvalue weighted by atomic mass is 9.80. The van der Waals surface area contributed by atoms with E-state index in [-0.39, 0.29) is 30.0 Å². The first kappa shape index (κ1) is 24.5. The Labute approximate surface area is 186 Å². The summed E-state index contributed by atoms with van der Waals surface area (Å²) in [4.78, 5) is 36.8. The highest BCUT2D eigenvalue weighted by atomic mass is 32.2. The van der Waals surface area contributed by atoms with E-state index < -0.39 is 22.8 Å². The van der Waals surface area contributed by atoms with Crippen LogP contribution in [0.1, 0.15) is 45.6 Å². The van der Waals surface area contributed by atoms with Gasteiger partial charge in [-0.1, -0.05) is 19.1 Å². The lowest BCUT2D eigenvalue weighted by Gasteiger charge is -2.31. The second kappa shape index (κ2) is 11.5. The van der Waals surface area contributed by atoms with Gasteiger partial charge in [0.2, 0.25) is 0 Å². The fourth-order valence-electron chi connectivity index (χ4n) is 3.41. The van der Waals surface area contributed by atoms with Crippen molar-refractivity contribution >= 4 is 29.4 Å². The smallest absolute Gasteiger partial charge is 0.336 e. The van der Waals surface area contributed by atoms with Crippen molar-refractivity contribution in [2.75, 3.05) is 24.7 Å². The number of benzene rings is 1. The van der Waals surface area contributed by atoms with E-state index in [0.29, 0.717) is 22.7 Å². The molecule has 1 aromatic rings. The molecule has 0 saturated heterocycles. The number of nitro groups is 1. The van der Waals surface area contributed by atoms with Crippen LogP contribution in [0.2, 0.25) is 0 Å². The van der Waals surface area contributed by atoms with E-state index in [4.69, 9.17) is 9.47 Å². The molecule has 8 nitrogen and oxygen atoms in total. The van der Waals surface area contributed by atoms with Gasteiger partial charge in [-0.15, -0.1) is 0 Å². The predicted octanol–water partition coefficient (Wildman–Crippen LogP) is 4.08. The molecule has 1 unspecified atom stereocenters. The van der Waals surface area contributed by atoms with Crippen molar-refractivity contribution in [2.45, 2.75) is 40.0 Å². The van der Waals surface area contributed by atoms with Crippen LogP contribution in [0.5, 0.6) is 0 Å². The fraction of sp³-hybridized carbons (Fsp3) is 0.455. The Bertz CT molecular complexity index is 909. The maximum Gasteiger partial charge on any atom is 0.336 e. The Morgan fingerprint density at radius 3 is 2.35 bits per heavy atom. The molecule has 0 radical (unpaired) electrons. The second-order valence-electron chi connectivity index (χ2n) is 6.83. The van der Waals surface area contributed by atoms with E-state index in [1.807, 2.05) is 0 Å². The first-order chi connectivity index (χ1) is 14.8. The lowest BCUT2D eigenvalue weighted by Crippen LogP contribution is -2.34. The van der Waals surface area contributed by atoms with Gasteiger partial charge in [0.1, 0.15) is 0 Å². The Hall–Kier alpha value is -2.81. The number of thioether (sulfide) groups is 1. The maximum absolute atomic E-state index is 13.0. The number of nitrogens with zero attached hydrogens (tertiary/aromatic N) is 1. The van der Waals surface area contributed by atoms with Gasteiger partial charge in [-0.3, -0.25) is 10.1 Å². The number of dihydropyridines is 1. The summed E-state index contributed by atoms with van der Waals surface area (Å²) in [5.74, 6) is -0.563. The van der Waals surface area contributed by atoms with E-state index in [0.717, 1.165) is 12.2 Å². The minimum atomic E-state index is -0.837. The first-order valence-corrected chi connectivity index (χ1v) is 11.4. The van der Waals surface area contributed by atoms with Crippen molar-refractivity contribution in [1.82, 2.24) is 5.32 Å². The summed E-state index contributed by atoms with van der Waals surface area (Å²) in [6, 6.07) is 5.98. The molecule has 1 atom stereocenters. The van der Waals surface area contributed by atoms with E-state index >= 15 is 0 Å². The summed E-state index contributed by atoms with van der Waals surface area (Å²) in [6.45, 7) is 7.53. The van der Waals surface area contributed by atoms with Crippen molar-refractivity contribution in [3.05, 3.63) is 62.5 Å². The van der Waals surface area contributed by atoms with Gasteiger partial charge in [0.25, 0.3) is 5.69 Å². The summed E-state index contributed by atoms with van der Waals surface area (Å²) in [7, 11) is 0. The fourth-order valence-corrected chi connectivity index (χ4v) is 4.27. The van der Waals surface area contributed by atoms with Crippen LogP contribution in [0.3, 0.4) is 0 Å². The highest BCUT2D eigenvalue weighted by molar-refractivity contribution is 7.99. The number of esters is 2. The topological polar surface area (TPSA) is 108 Å². The molecule has 9 heteroatoms. The van der Waals surface area contributed by atoms with Gasteiger partial charge in [0.15, 0.2) is 0 Å². The highest BCUT2D eigenvalue weighted by Crippen LogP contribution is 2.40. The number of hydrogen-bond acceptors (Lipinski definition) is 8. The Morgan fingerprint density at radius 1 is 1.13 bits per heavy atom. The maximum atomic E-state index is 13.0. The van der Waals surface area contributed by atoms with Crippen molar-refractivity contribution < 1.29 is 24.0 Å². The number of carbonyl (C=O) groups excluding carboxylic acids is 2. The number of carbonyl (C=O) groups is 2. The van der Waals surface area contributed by atoms with Crippen LogP contribution in [-0.2, 0) is 19.1 Å². The molecule has 1 aromatic carbocycles. The summed E-state index contributed by atoms with van der Waals surface area (Å²) in [5, 5.41) is 14.6. The third-order valence-corrected chi connectivity index (χ3v) is 5.83. The molecule has 1 aliphatic heterocycles. The van der Waals surface area contributed by atoms with Crippen LogP contribution in [0.25, 0.3) is 0 Å². The first-order valence-electron chi connectivity index (χ1n) is 10.2. The Balaban J connectivity index is 2.70. The molecule has 1 aliphatic rings. The van der Waals surface area contributed by atoms with Crippen molar-refractivity contribution in [3.63, 3.8) is 0 Å². The number of nitrogens with one attached hydrogen (secondary N) is 1. The quantitative estimate of drug-likeness (QED) is 0.247. The number of nitro benzene ring substituents is 1. The summed E-state index contributed by atoms with van der Waals surface area (Å²) < 4.78 is 10.6. The summed E-state index contributed by atoms with van der Waals surface area (Å²) in [6.07, 6.45) is 0.976. The lowest BCUT2D eigenvalue weighted by molar-refractivity contribution is -0.384. The molecule has 1 N–H and O–H groups in total. The molecule has 0 saturated carbocycles. The molecule has 0 amide bonds. The van der Waals surface area contributed by atoms with Crippen LogP contribution < -0.4 is 5.32 Å². The molecule has 168 valence electrons. The average Bonchev–Trinajstić information content (AvgIpc) is 2.73. The van der Waals surface area contributed by atoms with Crippen LogP contribution in [-0.4, -0.2) is 41.6 Å². The number of non-ortho nitro benzene ring substituents is 1. The predicted molar refractivity (Wildman–Crippen MR) is 120 cm³/mol. The molecule has 31 heavy (non-hydrogen) atoms. The standard InChI is InChI=1S/C22H28N2O6S/c1-5-11-31-13-17-20(22(26)30-7-3)19(15-9-8-10-16(12-15)24(27)28)18(14(4)23-17)21(25)29-6-2/h8-10,12,19,23H,5-7,11,13H2,1-4H3. The Kier molecular flexibility index (Phi) is 9.11. The number of allylic oxidation sites excluding steroid dienone is 1. The van der Waals surface area contributed by atoms with E-state index in [9.17, 15) is 19.7 Å². The SMILES string of the molecule is CCCSCC1=C(C(=O)OCC)C(c2cccc([N+](=O)[O-])c2)C(C(=O)OCC)=C(C)N1. The zero-order chi connectivity index (χ0) is 23.0. The van der Waals surface area contributed by atoms with Gasteiger partial charge in [0.05, 0.1) is 35.2 Å². The van der Waals surface area contributed by atoms with Crippen molar-refractivity contribution in [1.29, 1.82) is 0 Å². The third kappa shape index (κ3) is 5.88. The van der Waals surface area contributed by atoms with Crippen LogP contribution in [0.4, 0.5) is 5.69 Å². The minimum absolute atomic E-state index is 0.123. The van der Waals surface area contributed by atoms with Gasteiger partial charge in [-0.25, -0.2) is 9.59 Å². The number of rotatable bonds is 10. The van der Waals surface area contributed by atoms with Gasteiger partial charge in [-0.05, 0) is 38.5 Å². The van der Waals surface area contributed by atoms with Gasteiger partial charge in [0, 0.05) is 29.3 Å². The zero-order valence-electron chi connectivity index (χ0n) is 18.2. The van der Waals surface area contributed by atoms with E-state index in [1.165, 1.54) is 12.1 Å². The molecular weight excluding hydrogens is 420 g/mol. The van der Waals surface area contributed by atoms with E-state index in [2.05, 4.69) is 12.2 Å². The number of hydrogen-bond donors (Lipinski definition) is 1. The van der Waals surface area contributed by atoms with Gasteiger partial charge in [-0.2, -0.15) is 11.8 Å². The number of ether oxygens (including phenoxy) is 2. The highest BCUT2D eigenvalue weighted by Gasteiger charge is 2.39. The van der Waals surface area contributed by atoms with Crippen molar-refractivity contribution in [3.8, 4) is 0 Å². The molecule has 0 aliphatic carbocycles. The second-order valence-corrected chi connectivity index (χ2v) is 7.94. The summed E-state index contributed by atoms with van der Waals surface area (Å²) >= 11 is 1.65. The monoisotopic (exact) mass is 448 g/mol. The van der Waals surface area contributed by atoms with E-state index in [1.54, 1.807) is 44.7 Å². The molecular formula is C22H28N2O6S. The van der Waals surface area contributed by atoms with Crippen molar-refractivity contribution in [2.24, 2.45) is 0 Å². The normalized spacial score (nSPS) is 16.1. The largest absolute Gasteiger partial charge is 0.463 e. The van der Waals surface area contributed by atoms with Crippen LogP contribution in [0.15, 0.2) is 46.8 Å². The molecule has 0 aromatic heterocycles. The third-order valence-electron chi connectivity index (χ3n) is 4.64. The van der Waals surface area contributed by atoms with Gasteiger partial charge >= 0.3 is 11.9 Å². The minimum Gasteiger partial charge on any atom is -0.463 e. The molecule has 2 rings (SSSR count). The zero-order valence-corrected chi connectivity index (χ0v) is 19.0. The Morgan fingerprint density at radius 2 is 1.77 bits per heavy atom. The molecule has 1 heterocycles. The van der Waals surface area contributed by atoms with Crippen LogP contribution >= 0.6 is 11.8 Å². The van der Waals surface area contributed by atoms with Gasteiger partial charge < -0.3 is 14.8 Å². The molecule has 0 bridgehead atoms. The molecule has 0 spiro atoms. The molecule has 0 fully saturated rings. The van der Waals surface area contributed by atoms with Crippen LogP contribution in [0, 0.1) is 10.1 Å². The summed E-state index contributed by atoms with van der Waals surface area (Å²) in [5.41, 5.74) is 2.05.